The maximum absolute atomic E-state index is 8.77. The van der Waals surface area contributed by atoms with Gasteiger partial charge in [0.05, 0.1) is 12.6 Å². The molecule has 88 valence electrons. The van der Waals surface area contributed by atoms with Crippen molar-refractivity contribution in [2.75, 3.05) is 19.8 Å². The topological polar surface area (TPSA) is 64.7 Å². The fourth-order valence-corrected chi connectivity index (χ4v) is 1.09. The van der Waals surface area contributed by atoms with E-state index >= 15 is 0 Å². The second-order valence-electron chi connectivity index (χ2n) is 3.30. The van der Waals surface area contributed by atoms with Crippen LogP contribution in [0, 0.1) is 0 Å². The predicted molar refractivity (Wildman–Crippen MR) is 62.7 cm³/mol. The molecule has 1 aromatic carbocycles. The average molecular weight is 223 g/mol. The van der Waals surface area contributed by atoms with Crippen molar-refractivity contribution in [1.29, 1.82) is 0 Å². The number of para-hydroxylation sites is 2. The minimum Gasteiger partial charge on any atom is -0.488 e. The van der Waals surface area contributed by atoms with Crippen molar-refractivity contribution in [1.82, 2.24) is 0 Å². The van der Waals surface area contributed by atoms with E-state index in [1.165, 1.54) is 0 Å². The van der Waals surface area contributed by atoms with Gasteiger partial charge in [-0.2, -0.15) is 0 Å². The van der Waals surface area contributed by atoms with Gasteiger partial charge in [-0.3, -0.25) is 0 Å². The van der Waals surface area contributed by atoms with Crippen molar-refractivity contribution in [2.45, 2.75) is 6.04 Å². The summed E-state index contributed by atoms with van der Waals surface area (Å²) < 4.78 is 10.8. The summed E-state index contributed by atoms with van der Waals surface area (Å²) in [5.41, 5.74) is 5.54. The van der Waals surface area contributed by atoms with Crippen molar-refractivity contribution in [3.8, 4) is 11.5 Å². The van der Waals surface area contributed by atoms with Gasteiger partial charge in [0.25, 0.3) is 0 Å². The molecule has 4 nitrogen and oxygen atoms in total. The smallest absolute Gasteiger partial charge is 0.161 e. The highest BCUT2D eigenvalue weighted by atomic mass is 16.5. The third-order valence-electron chi connectivity index (χ3n) is 1.89. The van der Waals surface area contributed by atoms with Crippen LogP contribution >= 0.6 is 0 Å². The Balaban J connectivity index is 2.59. The van der Waals surface area contributed by atoms with Crippen molar-refractivity contribution in [3.05, 3.63) is 36.9 Å². The molecule has 0 fully saturated rings. The van der Waals surface area contributed by atoms with Gasteiger partial charge >= 0.3 is 0 Å². The van der Waals surface area contributed by atoms with E-state index in [1.54, 1.807) is 12.1 Å². The maximum atomic E-state index is 8.77. The number of hydrogen-bond acceptors (Lipinski definition) is 4. The third kappa shape index (κ3) is 3.92. The Hall–Kier alpha value is -1.52. The lowest BCUT2D eigenvalue weighted by atomic mass is 10.3. The van der Waals surface area contributed by atoms with E-state index in [0.717, 1.165) is 0 Å². The molecule has 0 aliphatic carbocycles. The van der Waals surface area contributed by atoms with E-state index in [0.29, 0.717) is 18.1 Å². The Morgan fingerprint density at radius 2 is 1.94 bits per heavy atom. The molecule has 16 heavy (non-hydrogen) atoms. The van der Waals surface area contributed by atoms with Crippen LogP contribution in [0.15, 0.2) is 36.9 Å². The highest BCUT2D eigenvalue weighted by molar-refractivity contribution is 5.39. The van der Waals surface area contributed by atoms with Crippen LogP contribution in [0.25, 0.3) is 0 Å². The molecule has 0 bridgehead atoms. The molecule has 0 radical (unpaired) electrons. The van der Waals surface area contributed by atoms with Crippen LogP contribution in [0.1, 0.15) is 0 Å². The molecule has 0 heterocycles. The lowest BCUT2D eigenvalue weighted by Gasteiger charge is -2.13. The fraction of sp³-hybridized carbons (Fsp3) is 0.333. The van der Waals surface area contributed by atoms with Gasteiger partial charge in [-0.1, -0.05) is 24.8 Å². The van der Waals surface area contributed by atoms with E-state index in [9.17, 15) is 0 Å². The van der Waals surface area contributed by atoms with E-state index in [1.807, 2.05) is 18.2 Å². The Morgan fingerprint density at radius 3 is 2.50 bits per heavy atom. The normalized spacial score (nSPS) is 11.9. The Morgan fingerprint density at radius 1 is 1.31 bits per heavy atom. The summed E-state index contributed by atoms with van der Waals surface area (Å²) >= 11 is 0. The highest BCUT2D eigenvalue weighted by Crippen LogP contribution is 2.26. The molecule has 3 N–H and O–H groups in total. The van der Waals surface area contributed by atoms with E-state index < -0.39 is 0 Å². The molecule has 4 heteroatoms. The Kier molecular flexibility index (Phi) is 5.39. The van der Waals surface area contributed by atoms with Crippen LogP contribution in [-0.4, -0.2) is 31.0 Å². The summed E-state index contributed by atoms with van der Waals surface area (Å²) in [7, 11) is 0. The molecule has 0 saturated heterocycles. The summed E-state index contributed by atoms with van der Waals surface area (Å²) in [6.45, 7) is 4.15. The van der Waals surface area contributed by atoms with Gasteiger partial charge in [-0.05, 0) is 12.1 Å². The molecule has 0 spiro atoms. The molecular weight excluding hydrogens is 206 g/mol. The van der Waals surface area contributed by atoms with E-state index in [4.69, 9.17) is 20.3 Å². The van der Waals surface area contributed by atoms with Crippen LogP contribution in [0.2, 0.25) is 0 Å². The molecule has 0 aliphatic heterocycles. The SMILES string of the molecule is C=CCOc1ccccc1OCC(N)CO. The van der Waals surface area contributed by atoms with Crippen molar-refractivity contribution >= 4 is 0 Å². The molecule has 1 aromatic rings. The van der Waals surface area contributed by atoms with Gasteiger partial charge in [0, 0.05) is 0 Å². The minimum absolute atomic E-state index is 0.102. The highest BCUT2D eigenvalue weighted by Gasteiger charge is 2.06. The minimum atomic E-state index is -0.382. The van der Waals surface area contributed by atoms with Gasteiger partial charge < -0.3 is 20.3 Å². The monoisotopic (exact) mass is 223 g/mol. The number of hydrogen-bond donors (Lipinski definition) is 2. The Bertz CT molecular complexity index is 328. The maximum Gasteiger partial charge on any atom is 0.161 e. The summed E-state index contributed by atoms with van der Waals surface area (Å²) in [4.78, 5) is 0. The molecule has 0 saturated carbocycles. The van der Waals surface area contributed by atoms with Crippen molar-refractivity contribution < 1.29 is 14.6 Å². The first-order valence-electron chi connectivity index (χ1n) is 5.10. The second-order valence-corrected chi connectivity index (χ2v) is 3.30. The number of ether oxygens (including phenoxy) is 2. The number of aliphatic hydroxyl groups excluding tert-OH is 1. The van der Waals surface area contributed by atoms with Crippen LogP contribution in [0.3, 0.4) is 0 Å². The summed E-state index contributed by atoms with van der Waals surface area (Å²) in [6.07, 6.45) is 1.66. The molecule has 0 aromatic heterocycles. The fourth-order valence-electron chi connectivity index (χ4n) is 1.09. The predicted octanol–water partition coefficient (Wildman–Crippen LogP) is 0.950. The molecule has 0 amide bonds. The van der Waals surface area contributed by atoms with E-state index in [2.05, 4.69) is 6.58 Å². The first-order valence-corrected chi connectivity index (χ1v) is 5.10. The molecule has 1 atom stereocenters. The second kappa shape index (κ2) is 6.87. The zero-order chi connectivity index (χ0) is 11.8. The van der Waals surface area contributed by atoms with Crippen molar-refractivity contribution in [2.24, 2.45) is 5.73 Å². The number of benzene rings is 1. The standard InChI is InChI=1S/C12H17NO3/c1-2-7-15-11-5-3-4-6-12(11)16-9-10(13)8-14/h2-6,10,14H,1,7-9,13H2. The van der Waals surface area contributed by atoms with E-state index in [-0.39, 0.29) is 19.3 Å². The van der Waals surface area contributed by atoms with Crippen LogP contribution in [-0.2, 0) is 0 Å². The van der Waals surface area contributed by atoms with Crippen LogP contribution in [0.5, 0.6) is 11.5 Å². The lowest BCUT2D eigenvalue weighted by molar-refractivity contribution is 0.201. The molecule has 0 aliphatic rings. The molecule has 1 unspecified atom stereocenters. The van der Waals surface area contributed by atoms with Gasteiger partial charge in [-0.25, -0.2) is 0 Å². The third-order valence-corrected chi connectivity index (χ3v) is 1.89. The largest absolute Gasteiger partial charge is 0.488 e. The van der Waals surface area contributed by atoms with Gasteiger partial charge in [-0.15, -0.1) is 0 Å². The quantitative estimate of drug-likeness (QED) is 0.675. The summed E-state index contributed by atoms with van der Waals surface area (Å²) in [5, 5.41) is 8.77. The van der Waals surface area contributed by atoms with Gasteiger partial charge in [0.2, 0.25) is 0 Å². The number of aliphatic hydroxyl groups is 1. The van der Waals surface area contributed by atoms with Gasteiger partial charge in [0.1, 0.15) is 13.2 Å². The summed E-state index contributed by atoms with van der Waals surface area (Å²) in [5.74, 6) is 1.26. The molecule has 1 rings (SSSR count). The average Bonchev–Trinajstić information content (AvgIpc) is 2.34. The van der Waals surface area contributed by atoms with Gasteiger partial charge in [0.15, 0.2) is 11.5 Å². The first kappa shape index (κ1) is 12.5. The van der Waals surface area contributed by atoms with Crippen LogP contribution in [0.4, 0.5) is 0 Å². The number of rotatable bonds is 7. The zero-order valence-corrected chi connectivity index (χ0v) is 9.13. The number of nitrogens with two attached hydrogens (primary N) is 1. The Labute approximate surface area is 95.3 Å². The lowest BCUT2D eigenvalue weighted by Crippen LogP contribution is -2.31. The molecular formula is C12H17NO3. The van der Waals surface area contributed by atoms with Crippen LogP contribution < -0.4 is 15.2 Å². The summed E-state index contributed by atoms with van der Waals surface area (Å²) in [6, 6.07) is 6.93. The van der Waals surface area contributed by atoms with Crippen molar-refractivity contribution in [3.63, 3.8) is 0 Å². The first-order chi connectivity index (χ1) is 7.77. The zero-order valence-electron chi connectivity index (χ0n) is 9.13.